The second-order valence-corrected chi connectivity index (χ2v) is 10.2. The SMILES string of the molecule is CCCS(=O)(=O)c1ccc(-c2cc(C(=O)N3CCN(c4cccc(Cl)c4)CC3)no2)cc1. The molecular formula is C23H24ClN3O4S. The summed E-state index contributed by atoms with van der Waals surface area (Å²) in [7, 11) is -3.28. The zero-order valence-electron chi connectivity index (χ0n) is 17.7. The molecule has 32 heavy (non-hydrogen) atoms. The fraction of sp³-hybridized carbons (Fsp3) is 0.304. The van der Waals surface area contributed by atoms with Crippen LogP contribution in [0, 0.1) is 0 Å². The predicted octanol–water partition coefficient (Wildman–Crippen LogP) is 4.14. The maximum absolute atomic E-state index is 12.9. The van der Waals surface area contributed by atoms with Crippen molar-refractivity contribution in [3.8, 4) is 11.3 Å². The van der Waals surface area contributed by atoms with Gasteiger partial charge in [-0.2, -0.15) is 0 Å². The van der Waals surface area contributed by atoms with Crippen LogP contribution < -0.4 is 4.90 Å². The lowest BCUT2D eigenvalue weighted by Gasteiger charge is -2.35. The average Bonchev–Trinajstić information content (AvgIpc) is 3.29. The molecule has 1 amide bonds. The molecule has 2 aromatic carbocycles. The number of amides is 1. The van der Waals surface area contributed by atoms with Crippen molar-refractivity contribution in [2.75, 3.05) is 36.8 Å². The summed E-state index contributed by atoms with van der Waals surface area (Å²) in [5.41, 5.74) is 1.94. The van der Waals surface area contributed by atoms with Gasteiger partial charge in [0.15, 0.2) is 21.3 Å². The maximum Gasteiger partial charge on any atom is 0.276 e. The Hall–Kier alpha value is -2.84. The van der Waals surface area contributed by atoms with Crippen molar-refractivity contribution in [1.82, 2.24) is 10.1 Å². The number of halogens is 1. The van der Waals surface area contributed by atoms with Crippen LogP contribution in [-0.4, -0.2) is 56.3 Å². The van der Waals surface area contributed by atoms with E-state index in [4.69, 9.17) is 16.1 Å². The number of benzene rings is 2. The summed E-state index contributed by atoms with van der Waals surface area (Å²) < 4.78 is 29.7. The zero-order chi connectivity index (χ0) is 22.7. The summed E-state index contributed by atoms with van der Waals surface area (Å²) in [6.45, 7) is 4.36. The van der Waals surface area contributed by atoms with Crippen molar-refractivity contribution in [2.24, 2.45) is 0 Å². The van der Waals surface area contributed by atoms with Crippen molar-refractivity contribution in [3.63, 3.8) is 0 Å². The summed E-state index contributed by atoms with van der Waals surface area (Å²) in [6.07, 6.45) is 0.561. The van der Waals surface area contributed by atoms with E-state index >= 15 is 0 Å². The van der Waals surface area contributed by atoms with Gasteiger partial charge in [-0.15, -0.1) is 0 Å². The average molecular weight is 474 g/mol. The van der Waals surface area contributed by atoms with Gasteiger partial charge in [0.05, 0.1) is 10.6 Å². The molecule has 7 nitrogen and oxygen atoms in total. The molecule has 0 spiro atoms. The van der Waals surface area contributed by atoms with Gasteiger partial charge in [-0.25, -0.2) is 8.42 Å². The van der Waals surface area contributed by atoms with Gasteiger partial charge in [-0.3, -0.25) is 4.79 Å². The Morgan fingerprint density at radius 1 is 1.06 bits per heavy atom. The van der Waals surface area contributed by atoms with Gasteiger partial charge in [0, 0.05) is 48.5 Å². The minimum absolute atomic E-state index is 0.109. The smallest absolute Gasteiger partial charge is 0.276 e. The normalized spacial score (nSPS) is 14.6. The number of nitrogens with zero attached hydrogens (tertiary/aromatic N) is 3. The number of piperazine rings is 1. The van der Waals surface area contributed by atoms with E-state index in [0.29, 0.717) is 48.9 Å². The van der Waals surface area contributed by atoms with E-state index in [1.165, 1.54) is 0 Å². The molecule has 1 fully saturated rings. The van der Waals surface area contributed by atoms with Gasteiger partial charge in [-0.05, 0) is 48.9 Å². The molecular weight excluding hydrogens is 450 g/mol. The highest BCUT2D eigenvalue weighted by molar-refractivity contribution is 7.91. The first kappa shape index (κ1) is 22.4. The largest absolute Gasteiger partial charge is 0.368 e. The van der Waals surface area contributed by atoms with Crippen LogP contribution in [0.3, 0.4) is 0 Å². The quantitative estimate of drug-likeness (QED) is 0.535. The summed E-state index contributed by atoms with van der Waals surface area (Å²) in [4.78, 5) is 17.1. The summed E-state index contributed by atoms with van der Waals surface area (Å²) in [5, 5.41) is 4.63. The minimum Gasteiger partial charge on any atom is -0.368 e. The van der Waals surface area contributed by atoms with Crippen molar-refractivity contribution >= 4 is 33.0 Å². The first-order valence-corrected chi connectivity index (χ1v) is 12.5. The van der Waals surface area contributed by atoms with Crippen LogP contribution in [0.25, 0.3) is 11.3 Å². The topological polar surface area (TPSA) is 83.7 Å². The third kappa shape index (κ3) is 4.81. The molecule has 0 N–H and O–H groups in total. The monoisotopic (exact) mass is 473 g/mol. The van der Waals surface area contributed by atoms with Crippen LogP contribution in [0.15, 0.2) is 64.0 Å². The van der Waals surface area contributed by atoms with Gasteiger partial charge in [-0.1, -0.05) is 29.7 Å². The van der Waals surface area contributed by atoms with E-state index < -0.39 is 9.84 Å². The number of carbonyl (C=O) groups is 1. The summed E-state index contributed by atoms with van der Waals surface area (Å²) in [5.74, 6) is 0.343. The Morgan fingerprint density at radius 2 is 1.78 bits per heavy atom. The molecule has 0 aliphatic carbocycles. The third-order valence-electron chi connectivity index (χ3n) is 5.44. The minimum atomic E-state index is -3.28. The number of hydrogen-bond donors (Lipinski definition) is 0. The van der Waals surface area contributed by atoms with Gasteiger partial charge in [0.2, 0.25) is 0 Å². The molecule has 3 aromatic rings. The molecule has 1 aromatic heterocycles. The Morgan fingerprint density at radius 3 is 2.44 bits per heavy atom. The third-order valence-corrected chi connectivity index (χ3v) is 7.61. The van der Waals surface area contributed by atoms with Gasteiger partial charge >= 0.3 is 0 Å². The summed E-state index contributed by atoms with van der Waals surface area (Å²) >= 11 is 6.08. The van der Waals surface area contributed by atoms with Gasteiger partial charge < -0.3 is 14.3 Å². The molecule has 168 valence electrons. The number of sulfone groups is 1. The van der Waals surface area contributed by atoms with Crippen molar-refractivity contribution in [2.45, 2.75) is 18.2 Å². The van der Waals surface area contributed by atoms with Crippen LogP contribution in [0.5, 0.6) is 0 Å². The van der Waals surface area contributed by atoms with Crippen molar-refractivity contribution < 1.29 is 17.7 Å². The summed E-state index contributed by atoms with van der Waals surface area (Å²) in [6, 6.07) is 15.7. The molecule has 1 saturated heterocycles. The molecule has 0 unspecified atom stereocenters. The fourth-order valence-electron chi connectivity index (χ4n) is 3.73. The van der Waals surface area contributed by atoms with Gasteiger partial charge in [0.25, 0.3) is 5.91 Å². The van der Waals surface area contributed by atoms with Crippen molar-refractivity contribution in [1.29, 1.82) is 0 Å². The van der Waals surface area contributed by atoms with E-state index in [1.54, 1.807) is 35.2 Å². The number of aromatic nitrogens is 1. The fourth-order valence-corrected chi connectivity index (χ4v) is 5.24. The number of rotatable bonds is 6. The van der Waals surface area contributed by atoms with Crippen LogP contribution in [0.1, 0.15) is 23.8 Å². The molecule has 9 heteroatoms. The Balaban J connectivity index is 1.41. The molecule has 1 aliphatic heterocycles. The zero-order valence-corrected chi connectivity index (χ0v) is 19.3. The molecule has 2 heterocycles. The highest BCUT2D eigenvalue weighted by Crippen LogP contribution is 2.25. The van der Waals surface area contributed by atoms with E-state index in [1.807, 2.05) is 31.2 Å². The number of anilines is 1. The maximum atomic E-state index is 12.9. The van der Waals surface area contributed by atoms with Crippen molar-refractivity contribution in [3.05, 3.63) is 65.3 Å². The number of carbonyl (C=O) groups excluding carboxylic acids is 1. The van der Waals surface area contributed by atoms with Gasteiger partial charge in [0.1, 0.15) is 0 Å². The van der Waals surface area contributed by atoms with E-state index in [9.17, 15) is 13.2 Å². The van der Waals surface area contributed by atoms with E-state index in [-0.39, 0.29) is 22.2 Å². The van der Waals surface area contributed by atoms with Crippen LogP contribution >= 0.6 is 11.6 Å². The lowest BCUT2D eigenvalue weighted by Crippen LogP contribution is -2.48. The second-order valence-electron chi connectivity index (χ2n) is 7.68. The standard InChI is InChI=1S/C23H24ClN3O4S/c1-2-14-32(29,30)20-8-6-17(7-9-20)22-16-21(25-31-22)23(28)27-12-10-26(11-13-27)19-5-3-4-18(24)15-19/h3-9,15-16H,2,10-14H2,1H3. The molecule has 0 saturated carbocycles. The second kappa shape index (κ2) is 9.34. The Bertz CT molecular complexity index is 1200. The van der Waals surface area contributed by atoms with Crippen LogP contribution in [0.4, 0.5) is 5.69 Å². The molecule has 0 atom stereocenters. The first-order valence-electron chi connectivity index (χ1n) is 10.5. The lowest BCUT2D eigenvalue weighted by atomic mass is 10.1. The first-order chi connectivity index (χ1) is 15.4. The van der Waals surface area contributed by atoms with Crippen LogP contribution in [-0.2, 0) is 9.84 Å². The highest BCUT2D eigenvalue weighted by Gasteiger charge is 2.25. The Kier molecular flexibility index (Phi) is 6.53. The lowest BCUT2D eigenvalue weighted by molar-refractivity contribution is 0.0736. The molecule has 1 aliphatic rings. The number of hydrogen-bond acceptors (Lipinski definition) is 6. The molecule has 0 bridgehead atoms. The molecule has 4 rings (SSSR count). The van der Waals surface area contributed by atoms with E-state index in [0.717, 1.165) is 5.69 Å². The predicted molar refractivity (Wildman–Crippen MR) is 124 cm³/mol. The highest BCUT2D eigenvalue weighted by atomic mass is 35.5. The van der Waals surface area contributed by atoms with E-state index in [2.05, 4.69) is 10.1 Å². The Labute approximate surface area is 192 Å². The van der Waals surface area contributed by atoms with Crippen LogP contribution in [0.2, 0.25) is 5.02 Å². The molecule has 0 radical (unpaired) electrons.